The summed E-state index contributed by atoms with van der Waals surface area (Å²) in [4.78, 5) is 0. The van der Waals surface area contributed by atoms with Gasteiger partial charge in [0.15, 0.2) is 0 Å². The maximum atomic E-state index is 12.5. The molecule has 0 aromatic carbocycles. The Morgan fingerprint density at radius 3 is 2.47 bits per heavy atom. The summed E-state index contributed by atoms with van der Waals surface area (Å²) in [5.74, 6) is 1.62. The lowest BCUT2D eigenvalue weighted by Gasteiger charge is -2.36. The van der Waals surface area contributed by atoms with Gasteiger partial charge in [-0.1, -0.05) is 26.2 Å². The van der Waals surface area contributed by atoms with Gasteiger partial charge in [-0.25, -0.2) is 12.7 Å². The topological polar surface area (TPSA) is 63.4 Å². The minimum absolute atomic E-state index is 0.329. The molecule has 2 unspecified atom stereocenters. The highest BCUT2D eigenvalue weighted by Gasteiger charge is 2.33. The van der Waals surface area contributed by atoms with Crippen molar-refractivity contribution in [2.24, 2.45) is 23.5 Å². The number of hydrogen-bond donors (Lipinski definition) is 1. The first-order valence-corrected chi connectivity index (χ1v) is 9.31. The van der Waals surface area contributed by atoms with Crippen LogP contribution in [-0.4, -0.2) is 38.1 Å². The lowest BCUT2D eigenvalue weighted by molar-refractivity contribution is 0.202. The molecule has 2 atom stereocenters. The molecule has 0 spiro atoms. The van der Waals surface area contributed by atoms with Crippen molar-refractivity contribution in [1.82, 2.24) is 4.31 Å². The normalized spacial score (nSPS) is 31.5. The lowest BCUT2D eigenvalue weighted by Crippen LogP contribution is -2.46. The Morgan fingerprint density at radius 1 is 1.16 bits per heavy atom. The molecule has 19 heavy (non-hydrogen) atoms. The van der Waals surface area contributed by atoms with Crippen LogP contribution in [0.1, 0.15) is 45.4 Å². The van der Waals surface area contributed by atoms with E-state index in [1.165, 1.54) is 19.3 Å². The summed E-state index contributed by atoms with van der Waals surface area (Å²) >= 11 is 0. The third-order valence-corrected chi connectivity index (χ3v) is 6.96. The molecule has 112 valence electrons. The van der Waals surface area contributed by atoms with Gasteiger partial charge >= 0.3 is 0 Å². The molecule has 4 nitrogen and oxygen atoms in total. The monoisotopic (exact) mass is 288 g/mol. The summed E-state index contributed by atoms with van der Waals surface area (Å²) in [6, 6.07) is 0. The molecule has 2 N–H and O–H groups in total. The van der Waals surface area contributed by atoms with Gasteiger partial charge < -0.3 is 5.73 Å². The smallest absolute Gasteiger partial charge is 0.214 e. The summed E-state index contributed by atoms with van der Waals surface area (Å²) in [5.41, 5.74) is 5.76. The summed E-state index contributed by atoms with van der Waals surface area (Å²) in [7, 11) is -3.07. The molecule has 2 aliphatic rings. The second-order valence-corrected chi connectivity index (χ2v) is 8.42. The summed E-state index contributed by atoms with van der Waals surface area (Å²) in [6.45, 7) is 4.10. The fraction of sp³-hybridized carbons (Fsp3) is 1.00. The Bertz CT molecular complexity index is 377. The highest BCUT2D eigenvalue weighted by atomic mass is 32.2. The van der Waals surface area contributed by atoms with E-state index in [0.717, 1.165) is 19.3 Å². The number of nitrogens with two attached hydrogens (primary N) is 1. The molecule has 0 amide bonds. The molecule has 0 aromatic rings. The van der Waals surface area contributed by atoms with E-state index in [4.69, 9.17) is 5.73 Å². The van der Waals surface area contributed by atoms with Crippen molar-refractivity contribution < 1.29 is 8.42 Å². The van der Waals surface area contributed by atoms with Gasteiger partial charge in [-0.15, -0.1) is 0 Å². The SMILES string of the molecule is CC1CCN(S(=O)(=O)CC2CCCCC2)CC1CN. The second kappa shape index (κ2) is 6.55. The maximum absolute atomic E-state index is 12.5. The highest BCUT2D eigenvalue weighted by Crippen LogP contribution is 2.28. The van der Waals surface area contributed by atoms with Crippen LogP contribution < -0.4 is 5.73 Å². The first-order valence-electron chi connectivity index (χ1n) is 7.71. The van der Waals surface area contributed by atoms with E-state index in [1.54, 1.807) is 4.31 Å². The molecule has 2 fully saturated rings. The number of piperidine rings is 1. The molecule has 2 rings (SSSR count). The predicted octanol–water partition coefficient (Wildman–Crippen LogP) is 1.81. The Balaban J connectivity index is 1.95. The third-order valence-electron chi connectivity index (χ3n) is 4.94. The van der Waals surface area contributed by atoms with Crippen molar-refractivity contribution in [3.05, 3.63) is 0 Å². The molecular formula is C14H28N2O2S. The second-order valence-electron chi connectivity index (χ2n) is 6.40. The lowest BCUT2D eigenvalue weighted by atomic mass is 9.88. The first kappa shape index (κ1) is 15.3. The molecule has 1 saturated carbocycles. The average molecular weight is 288 g/mol. The molecule has 0 bridgehead atoms. The van der Waals surface area contributed by atoms with Crippen LogP contribution >= 0.6 is 0 Å². The van der Waals surface area contributed by atoms with E-state index in [1.807, 2.05) is 0 Å². The molecule has 5 heteroatoms. The van der Waals surface area contributed by atoms with Crippen LogP contribution in [0.3, 0.4) is 0 Å². The van der Waals surface area contributed by atoms with Gasteiger partial charge in [-0.05, 0) is 43.6 Å². The van der Waals surface area contributed by atoms with Crippen LogP contribution in [0.25, 0.3) is 0 Å². The quantitative estimate of drug-likeness (QED) is 0.858. The average Bonchev–Trinajstić information content (AvgIpc) is 2.39. The molecule has 1 aliphatic carbocycles. The Labute approximate surface area is 117 Å². The van der Waals surface area contributed by atoms with E-state index in [9.17, 15) is 8.42 Å². The Kier molecular flexibility index (Phi) is 5.26. The fourth-order valence-corrected chi connectivity index (χ4v) is 5.37. The Morgan fingerprint density at radius 2 is 1.84 bits per heavy atom. The van der Waals surface area contributed by atoms with Crippen molar-refractivity contribution in [3.8, 4) is 0 Å². The van der Waals surface area contributed by atoms with E-state index in [-0.39, 0.29) is 0 Å². The van der Waals surface area contributed by atoms with Crippen LogP contribution in [0.15, 0.2) is 0 Å². The zero-order valence-corrected chi connectivity index (χ0v) is 12.9. The molecule has 0 aromatic heterocycles. The van der Waals surface area contributed by atoms with Gasteiger partial charge in [-0.3, -0.25) is 0 Å². The molecular weight excluding hydrogens is 260 g/mol. The van der Waals surface area contributed by atoms with Crippen molar-refractivity contribution in [3.63, 3.8) is 0 Å². The summed E-state index contributed by atoms with van der Waals surface area (Å²) in [6.07, 6.45) is 6.79. The minimum atomic E-state index is -3.07. The number of hydrogen-bond acceptors (Lipinski definition) is 3. The van der Waals surface area contributed by atoms with Gasteiger partial charge in [0.2, 0.25) is 10.0 Å². The van der Waals surface area contributed by atoms with Crippen LogP contribution in [-0.2, 0) is 10.0 Å². The van der Waals surface area contributed by atoms with Crippen LogP contribution in [0, 0.1) is 17.8 Å². The number of nitrogens with zero attached hydrogens (tertiary/aromatic N) is 1. The van der Waals surface area contributed by atoms with Gasteiger partial charge in [0, 0.05) is 13.1 Å². The van der Waals surface area contributed by atoms with E-state index in [2.05, 4.69) is 6.92 Å². The molecule has 1 aliphatic heterocycles. The van der Waals surface area contributed by atoms with Crippen molar-refractivity contribution in [1.29, 1.82) is 0 Å². The van der Waals surface area contributed by atoms with Crippen LogP contribution in [0.4, 0.5) is 0 Å². The van der Waals surface area contributed by atoms with E-state index >= 15 is 0 Å². The standard InChI is InChI=1S/C14H28N2O2S/c1-12-7-8-16(10-14(12)9-15)19(17,18)11-13-5-3-2-4-6-13/h12-14H,2-11,15H2,1H3. The first-order chi connectivity index (χ1) is 9.03. The van der Waals surface area contributed by atoms with Crippen molar-refractivity contribution in [2.75, 3.05) is 25.4 Å². The fourth-order valence-electron chi connectivity index (χ4n) is 3.43. The van der Waals surface area contributed by atoms with Crippen LogP contribution in [0.2, 0.25) is 0 Å². The van der Waals surface area contributed by atoms with E-state index < -0.39 is 10.0 Å². The maximum Gasteiger partial charge on any atom is 0.214 e. The van der Waals surface area contributed by atoms with Crippen molar-refractivity contribution in [2.45, 2.75) is 45.4 Å². The zero-order valence-electron chi connectivity index (χ0n) is 12.1. The van der Waals surface area contributed by atoms with Gasteiger partial charge in [0.1, 0.15) is 0 Å². The molecule has 0 radical (unpaired) electrons. The molecule has 1 saturated heterocycles. The summed E-state index contributed by atoms with van der Waals surface area (Å²) in [5, 5.41) is 0. The predicted molar refractivity (Wildman–Crippen MR) is 78.3 cm³/mol. The third kappa shape index (κ3) is 3.92. The van der Waals surface area contributed by atoms with E-state index in [0.29, 0.717) is 43.1 Å². The summed E-state index contributed by atoms with van der Waals surface area (Å²) < 4.78 is 26.7. The minimum Gasteiger partial charge on any atom is -0.330 e. The largest absolute Gasteiger partial charge is 0.330 e. The van der Waals surface area contributed by atoms with Gasteiger partial charge in [-0.2, -0.15) is 0 Å². The Hall–Kier alpha value is -0.130. The van der Waals surface area contributed by atoms with Crippen molar-refractivity contribution >= 4 is 10.0 Å². The molecule has 1 heterocycles. The zero-order chi connectivity index (χ0) is 13.9. The number of rotatable bonds is 4. The van der Waals surface area contributed by atoms with Crippen LogP contribution in [0.5, 0.6) is 0 Å². The highest BCUT2D eigenvalue weighted by molar-refractivity contribution is 7.89. The van der Waals surface area contributed by atoms with Gasteiger partial charge in [0.25, 0.3) is 0 Å². The number of sulfonamides is 1. The van der Waals surface area contributed by atoms with Gasteiger partial charge in [0.05, 0.1) is 5.75 Å².